The van der Waals surface area contributed by atoms with Crippen molar-refractivity contribution in [3.63, 3.8) is 0 Å². The van der Waals surface area contributed by atoms with Crippen molar-refractivity contribution in [2.24, 2.45) is 0 Å². The molecular formula is C18H25N3O3. The summed E-state index contributed by atoms with van der Waals surface area (Å²) in [6.45, 7) is 7.78. The first-order valence-electron chi connectivity index (χ1n) is 8.71. The summed E-state index contributed by atoms with van der Waals surface area (Å²) in [6.07, 6.45) is 3.00. The Kier molecular flexibility index (Phi) is 5.48. The average molecular weight is 331 g/mol. The largest absolute Gasteiger partial charge is 0.478 e. The molecule has 0 atom stereocenters. The van der Waals surface area contributed by atoms with Gasteiger partial charge in [-0.25, -0.2) is 9.78 Å². The van der Waals surface area contributed by atoms with Gasteiger partial charge in [0.05, 0.1) is 29.8 Å². The van der Waals surface area contributed by atoms with E-state index in [1.807, 2.05) is 6.07 Å². The second-order valence-corrected chi connectivity index (χ2v) is 6.25. The number of hydrogen-bond acceptors (Lipinski definition) is 4. The van der Waals surface area contributed by atoms with Gasteiger partial charge in [-0.3, -0.25) is 4.90 Å². The monoisotopic (exact) mass is 331 g/mol. The molecule has 3 rings (SSSR count). The van der Waals surface area contributed by atoms with Crippen molar-refractivity contribution in [3.8, 4) is 0 Å². The maximum atomic E-state index is 11.2. The van der Waals surface area contributed by atoms with Gasteiger partial charge < -0.3 is 14.4 Å². The molecule has 2 heterocycles. The van der Waals surface area contributed by atoms with Crippen LogP contribution >= 0.6 is 0 Å². The normalized spacial score (nSPS) is 15.9. The summed E-state index contributed by atoms with van der Waals surface area (Å²) < 4.78 is 7.64. The average Bonchev–Trinajstić information content (AvgIpc) is 2.93. The Morgan fingerprint density at radius 3 is 2.79 bits per heavy atom. The number of aromatic nitrogens is 2. The lowest BCUT2D eigenvalue weighted by Crippen LogP contribution is -2.37. The van der Waals surface area contributed by atoms with Crippen LogP contribution in [-0.4, -0.2) is 58.4 Å². The van der Waals surface area contributed by atoms with Gasteiger partial charge in [-0.1, -0.05) is 6.92 Å². The minimum Gasteiger partial charge on any atom is -0.478 e. The summed E-state index contributed by atoms with van der Waals surface area (Å²) in [5, 5.41) is 9.16. The molecule has 0 saturated carbocycles. The number of carboxylic acid groups (broad SMARTS) is 1. The lowest BCUT2D eigenvalue weighted by Gasteiger charge is -2.26. The summed E-state index contributed by atoms with van der Waals surface area (Å²) in [6, 6.07) is 5.23. The third kappa shape index (κ3) is 3.76. The van der Waals surface area contributed by atoms with E-state index in [0.717, 1.165) is 75.5 Å². The highest BCUT2D eigenvalue weighted by molar-refractivity contribution is 5.92. The van der Waals surface area contributed by atoms with Crippen LogP contribution in [0.4, 0.5) is 0 Å². The highest BCUT2D eigenvalue weighted by Crippen LogP contribution is 2.20. The van der Waals surface area contributed by atoms with E-state index in [4.69, 9.17) is 9.84 Å². The van der Waals surface area contributed by atoms with Crippen LogP contribution in [0.3, 0.4) is 0 Å². The molecule has 6 nitrogen and oxygen atoms in total. The Bertz CT molecular complexity index is 705. The van der Waals surface area contributed by atoms with Crippen LogP contribution in [0.1, 0.15) is 35.9 Å². The number of morpholine rings is 1. The Morgan fingerprint density at radius 1 is 1.29 bits per heavy atom. The van der Waals surface area contributed by atoms with Crippen LogP contribution < -0.4 is 0 Å². The molecule has 1 saturated heterocycles. The highest BCUT2D eigenvalue weighted by atomic mass is 16.5. The van der Waals surface area contributed by atoms with E-state index in [0.29, 0.717) is 5.56 Å². The van der Waals surface area contributed by atoms with Gasteiger partial charge in [0.2, 0.25) is 0 Å². The van der Waals surface area contributed by atoms with Crippen molar-refractivity contribution in [3.05, 3.63) is 29.6 Å². The lowest BCUT2D eigenvalue weighted by molar-refractivity contribution is 0.0369. The van der Waals surface area contributed by atoms with E-state index in [9.17, 15) is 4.79 Å². The van der Waals surface area contributed by atoms with Crippen LogP contribution in [0.25, 0.3) is 11.0 Å². The van der Waals surface area contributed by atoms with Gasteiger partial charge in [0.25, 0.3) is 0 Å². The van der Waals surface area contributed by atoms with Crippen molar-refractivity contribution in [1.29, 1.82) is 0 Å². The molecular weight excluding hydrogens is 306 g/mol. The Labute approximate surface area is 142 Å². The van der Waals surface area contributed by atoms with Gasteiger partial charge in [-0.15, -0.1) is 0 Å². The number of benzene rings is 1. The van der Waals surface area contributed by atoms with Crippen LogP contribution in [0.2, 0.25) is 0 Å². The van der Waals surface area contributed by atoms with E-state index in [-0.39, 0.29) is 0 Å². The van der Waals surface area contributed by atoms with E-state index in [1.165, 1.54) is 0 Å². The molecule has 24 heavy (non-hydrogen) atoms. The molecule has 1 aromatic heterocycles. The van der Waals surface area contributed by atoms with E-state index >= 15 is 0 Å². The molecule has 1 fully saturated rings. The smallest absolute Gasteiger partial charge is 0.335 e. The number of fused-ring (bicyclic) bond motifs is 1. The summed E-state index contributed by atoms with van der Waals surface area (Å²) in [5.74, 6) is 0.146. The minimum atomic E-state index is -0.907. The van der Waals surface area contributed by atoms with Crippen LogP contribution in [0, 0.1) is 0 Å². The van der Waals surface area contributed by atoms with Crippen molar-refractivity contribution < 1.29 is 14.6 Å². The van der Waals surface area contributed by atoms with Crippen molar-refractivity contribution >= 4 is 17.0 Å². The molecule has 2 aromatic rings. The van der Waals surface area contributed by atoms with Crippen LogP contribution in [0.15, 0.2) is 18.2 Å². The summed E-state index contributed by atoms with van der Waals surface area (Å²) in [5.41, 5.74) is 2.11. The molecule has 0 radical (unpaired) electrons. The van der Waals surface area contributed by atoms with Gasteiger partial charge in [0, 0.05) is 32.6 Å². The van der Waals surface area contributed by atoms with Crippen molar-refractivity contribution in [2.75, 3.05) is 32.8 Å². The first kappa shape index (κ1) is 16.9. The Hall–Kier alpha value is -1.92. The van der Waals surface area contributed by atoms with Crippen molar-refractivity contribution in [2.45, 2.75) is 32.7 Å². The second-order valence-electron chi connectivity index (χ2n) is 6.25. The summed E-state index contributed by atoms with van der Waals surface area (Å²) in [4.78, 5) is 18.3. The second kappa shape index (κ2) is 7.77. The SMILES string of the molecule is CCCc1nc2cc(C(=O)O)ccc2n1CCCN1CCOCC1. The maximum absolute atomic E-state index is 11.2. The zero-order valence-electron chi connectivity index (χ0n) is 14.2. The van der Waals surface area contributed by atoms with Gasteiger partial charge in [-0.2, -0.15) is 0 Å². The Balaban J connectivity index is 1.76. The molecule has 0 bridgehead atoms. The van der Waals surface area contributed by atoms with Gasteiger partial charge >= 0.3 is 5.97 Å². The molecule has 1 aliphatic heterocycles. The first-order valence-corrected chi connectivity index (χ1v) is 8.71. The molecule has 0 amide bonds. The topological polar surface area (TPSA) is 67.6 Å². The third-order valence-electron chi connectivity index (χ3n) is 4.51. The molecule has 6 heteroatoms. The van der Waals surface area contributed by atoms with Crippen molar-refractivity contribution in [1.82, 2.24) is 14.5 Å². The first-order chi connectivity index (χ1) is 11.7. The zero-order chi connectivity index (χ0) is 16.9. The molecule has 0 spiro atoms. The number of rotatable bonds is 7. The van der Waals surface area contributed by atoms with Gasteiger partial charge in [0.1, 0.15) is 5.82 Å². The fraction of sp³-hybridized carbons (Fsp3) is 0.556. The van der Waals surface area contributed by atoms with E-state index in [2.05, 4.69) is 21.4 Å². The predicted octanol–water partition coefficient (Wildman–Crippen LogP) is 2.41. The fourth-order valence-electron chi connectivity index (χ4n) is 3.25. The number of carboxylic acids is 1. The minimum absolute atomic E-state index is 0.295. The number of hydrogen-bond donors (Lipinski definition) is 1. The molecule has 0 aliphatic carbocycles. The zero-order valence-corrected chi connectivity index (χ0v) is 14.2. The van der Waals surface area contributed by atoms with Gasteiger partial charge in [-0.05, 0) is 31.0 Å². The number of aromatic carboxylic acids is 1. The van der Waals surface area contributed by atoms with Crippen LogP contribution in [-0.2, 0) is 17.7 Å². The number of ether oxygens (including phenoxy) is 1. The molecule has 1 aromatic carbocycles. The predicted molar refractivity (Wildman–Crippen MR) is 92.6 cm³/mol. The highest BCUT2D eigenvalue weighted by Gasteiger charge is 2.14. The molecule has 0 unspecified atom stereocenters. The molecule has 130 valence electrons. The Morgan fingerprint density at radius 2 is 2.08 bits per heavy atom. The number of imidazole rings is 1. The van der Waals surface area contributed by atoms with Crippen LogP contribution in [0.5, 0.6) is 0 Å². The number of nitrogens with zero attached hydrogens (tertiary/aromatic N) is 3. The molecule has 1 N–H and O–H groups in total. The lowest BCUT2D eigenvalue weighted by atomic mass is 10.2. The summed E-state index contributed by atoms with van der Waals surface area (Å²) >= 11 is 0. The number of aryl methyl sites for hydroxylation is 2. The van der Waals surface area contributed by atoms with Gasteiger partial charge in [0.15, 0.2) is 0 Å². The maximum Gasteiger partial charge on any atom is 0.335 e. The fourth-order valence-corrected chi connectivity index (χ4v) is 3.25. The van der Waals surface area contributed by atoms with E-state index < -0.39 is 5.97 Å². The quantitative estimate of drug-likeness (QED) is 0.844. The summed E-state index contributed by atoms with van der Waals surface area (Å²) in [7, 11) is 0. The van der Waals surface area contributed by atoms with E-state index in [1.54, 1.807) is 12.1 Å². The third-order valence-corrected chi connectivity index (χ3v) is 4.51. The standard InChI is InChI=1S/C18H25N3O3/c1-2-4-17-19-15-13-14(18(22)23)5-6-16(15)21(17)8-3-7-20-9-11-24-12-10-20/h5-6,13H,2-4,7-12H2,1H3,(H,22,23). The molecule has 1 aliphatic rings. The number of carbonyl (C=O) groups is 1.